The van der Waals surface area contributed by atoms with Crippen molar-refractivity contribution in [2.24, 2.45) is 4.99 Å². The zero-order valence-electron chi connectivity index (χ0n) is 16.3. The van der Waals surface area contributed by atoms with E-state index >= 15 is 0 Å². The van der Waals surface area contributed by atoms with Gasteiger partial charge in [-0.15, -0.1) is 11.3 Å². The van der Waals surface area contributed by atoms with Gasteiger partial charge in [-0.05, 0) is 42.3 Å². The summed E-state index contributed by atoms with van der Waals surface area (Å²) in [4.78, 5) is 34.2. The maximum atomic E-state index is 11.2. The standard InChI is InChI=1S/C22H20N4O3S/c1-22(23-9-14(10-24-22)21(28)29)26-7-6-19-17(11-26)16-8-13(2-4-18(16)25-19)20-5-3-15(12-27)30-20/h2-5,8-10,12,23,25H,6-7,11H2,1H3,(H,28,29). The molecular weight excluding hydrogens is 400 g/mol. The van der Waals surface area contributed by atoms with Crippen LogP contribution in [0.3, 0.4) is 0 Å². The number of H-pyrrole nitrogens is 1. The maximum absolute atomic E-state index is 11.2. The molecular formula is C22H20N4O3S. The molecule has 3 aromatic rings. The number of carbonyl (C=O) groups is 2. The summed E-state index contributed by atoms with van der Waals surface area (Å²) in [5.74, 6) is -1.69. The molecule has 1 aromatic carbocycles. The fourth-order valence-electron chi connectivity index (χ4n) is 4.08. The Bertz CT molecular complexity index is 1240. The molecule has 2 aliphatic heterocycles. The van der Waals surface area contributed by atoms with E-state index in [1.54, 1.807) is 0 Å². The van der Waals surface area contributed by atoms with E-state index in [1.807, 2.05) is 19.1 Å². The topological polar surface area (TPSA) is 97.8 Å². The highest BCUT2D eigenvalue weighted by molar-refractivity contribution is 7.17. The highest BCUT2D eigenvalue weighted by Crippen LogP contribution is 2.35. The molecule has 2 aromatic heterocycles. The molecule has 0 amide bonds. The van der Waals surface area contributed by atoms with Gasteiger partial charge >= 0.3 is 5.97 Å². The summed E-state index contributed by atoms with van der Waals surface area (Å²) in [6.45, 7) is 3.45. The normalized spacial score (nSPS) is 21.2. The van der Waals surface area contributed by atoms with Crippen molar-refractivity contribution >= 4 is 40.7 Å². The number of aliphatic carboxylic acids is 1. The minimum absolute atomic E-state index is 0.146. The number of fused-ring (bicyclic) bond motifs is 3. The highest BCUT2D eigenvalue weighted by Gasteiger charge is 2.35. The number of carboxylic acid groups (broad SMARTS) is 1. The number of benzene rings is 1. The molecule has 0 bridgehead atoms. The second-order valence-electron chi connectivity index (χ2n) is 7.66. The molecule has 7 nitrogen and oxygen atoms in total. The number of thiophene rings is 1. The molecule has 0 saturated heterocycles. The molecule has 3 N–H and O–H groups in total. The lowest BCUT2D eigenvalue weighted by atomic mass is 10.0. The molecule has 1 unspecified atom stereocenters. The number of nitrogens with zero attached hydrogens (tertiary/aromatic N) is 2. The first-order valence-corrected chi connectivity index (χ1v) is 10.5. The number of nitrogens with one attached hydrogen (secondary N) is 2. The van der Waals surface area contributed by atoms with Gasteiger partial charge in [-0.25, -0.2) is 9.79 Å². The van der Waals surface area contributed by atoms with Crippen LogP contribution in [0.4, 0.5) is 0 Å². The third kappa shape index (κ3) is 3.05. The van der Waals surface area contributed by atoms with Crippen molar-refractivity contribution in [2.45, 2.75) is 25.7 Å². The molecule has 0 saturated carbocycles. The van der Waals surface area contributed by atoms with Crippen LogP contribution in [0, 0.1) is 0 Å². The average Bonchev–Trinajstić information content (AvgIpc) is 3.37. The number of rotatable bonds is 4. The minimum Gasteiger partial charge on any atom is -0.478 e. The van der Waals surface area contributed by atoms with Gasteiger partial charge < -0.3 is 15.4 Å². The van der Waals surface area contributed by atoms with Gasteiger partial charge in [-0.2, -0.15) is 0 Å². The minimum atomic E-state index is -0.996. The van der Waals surface area contributed by atoms with Crippen LogP contribution in [0.25, 0.3) is 21.3 Å². The van der Waals surface area contributed by atoms with Gasteiger partial charge in [-0.1, -0.05) is 6.07 Å². The number of carboxylic acids is 1. The summed E-state index contributed by atoms with van der Waals surface area (Å²) in [5, 5.41) is 13.5. The monoisotopic (exact) mass is 420 g/mol. The van der Waals surface area contributed by atoms with Crippen LogP contribution < -0.4 is 5.32 Å². The molecule has 1 atom stereocenters. The Morgan fingerprint density at radius 3 is 2.90 bits per heavy atom. The van der Waals surface area contributed by atoms with Crippen molar-refractivity contribution in [2.75, 3.05) is 6.54 Å². The molecule has 0 aliphatic carbocycles. The van der Waals surface area contributed by atoms with Gasteiger partial charge in [0.15, 0.2) is 12.1 Å². The van der Waals surface area contributed by atoms with Gasteiger partial charge in [0, 0.05) is 53.4 Å². The van der Waals surface area contributed by atoms with Crippen LogP contribution in [-0.2, 0) is 17.8 Å². The summed E-state index contributed by atoms with van der Waals surface area (Å²) >= 11 is 1.49. The van der Waals surface area contributed by atoms with Crippen molar-refractivity contribution in [1.82, 2.24) is 15.2 Å². The summed E-state index contributed by atoms with van der Waals surface area (Å²) in [6.07, 6.45) is 4.67. The van der Waals surface area contributed by atoms with E-state index in [4.69, 9.17) is 5.11 Å². The van der Waals surface area contributed by atoms with Crippen molar-refractivity contribution in [3.05, 3.63) is 58.2 Å². The van der Waals surface area contributed by atoms with Crippen molar-refractivity contribution in [1.29, 1.82) is 0 Å². The van der Waals surface area contributed by atoms with E-state index in [1.165, 1.54) is 40.4 Å². The molecule has 0 fully saturated rings. The molecule has 0 radical (unpaired) electrons. The number of aliphatic imine (C=N–C) groups is 1. The molecule has 2 aliphatic rings. The number of aldehydes is 1. The Morgan fingerprint density at radius 2 is 2.20 bits per heavy atom. The van der Waals surface area contributed by atoms with E-state index in [9.17, 15) is 9.59 Å². The number of hydrogen-bond donors (Lipinski definition) is 3. The van der Waals surface area contributed by atoms with Crippen LogP contribution in [0.1, 0.15) is 27.9 Å². The first-order chi connectivity index (χ1) is 14.5. The predicted molar refractivity (Wildman–Crippen MR) is 117 cm³/mol. The Hall–Kier alpha value is -3.23. The van der Waals surface area contributed by atoms with Gasteiger partial charge in [0.1, 0.15) is 0 Å². The summed E-state index contributed by atoms with van der Waals surface area (Å²) < 4.78 is 0. The smallest absolute Gasteiger partial charge is 0.338 e. The van der Waals surface area contributed by atoms with Crippen molar-refractivity contribution in [3.63, 3.8) is 0 Å². The van der Waals surface area contributed by atoms with Gasteiger partial charge in [0.05, 0.1) is 10.5 Å². The molecule has 0 spiro atoms. The van der Waals surface area contributed by atoms with Crippen LogP contribution in [0.15, 0.2) is 47.1 Å². The molecule has 152 valence electrons. The number of aromatic amines is 1. The van der Waals surface area contributed by atoms with Gasteiger partial charge in [-0.3, -0.25) is 9.69 Å². The lowest BCUT2D eigenvalue weighted by Gasteiger charge is -2.41. The number of carbonyl (C=O) groups excluding carboxylic acids is 1. The van der Waals surface area contributed by atoms with E-state index in [0.717, 1.165) is 40.1 Å². The van der Waals surface area contributed by atoms with Crippen LogP contribution >= 0.6 is 11.3 Å². The zero-order valence-corrected chi connectivity index (χ0v) is 17.1. The van der Waals surface area contributed by atoms with E-state index in [-0.39, 0.29) is 5.57 Å². The summed E-state index contributed by atoms with van der Waals surface area (Å²) in [5.41, 5.74) is 4.79. The second-order valence-corrected chi connectivity index (χ2v) is 8.78. The first kappa shape index (κ1) is 18.8. The zero-order chi connectivity index (χ0) is 20.9. The molecule has 30 heavy (non-hydrogen) atoms. The van der Waals surface area contributed by atoms with E-state index in [2.05, 4.69) is 38.4 Å². The SMILES string of the molecule is CC1(N2CCc3[nH]c4ccc(-c5ccc(C=O)s5)cc4c3C2)N=CC(C(=O)O)=CN1. The molecule has 8 heteroatoms. The van der Waals surface area contributed by atoms with E-state index < -0.39 is 11.8 Å². The first-order valence-electron chi connectivity index (χ1n) is 9.67. The summed E-state index contributed by atoms with van der Waals surface area (Å²) in [7, 11) is 0. The second kappa shape index (κ2) is 6.93. The lowest BCUT2D eigenvalue weighted by molar-refractivity contribution is -0.132. The fraction of sp³-hybridized carbons (Fsp3) is 0.227. The number of hydrogen-bond acceptors (Lipinski definition) is 6. The highest BCUT2D eigenvalue weighted by atomic mass is 32.1. The Labute approximate surface area is 176 Å². The van der Waals surface area contributed by atoms with Crippen LogP contribution in [0.5, 0.6) is 0 Å². The predicted octanol–water partition coefficient (Wildman–Crippen LogP) is 3.38. The largest absolute Gasteiger partial charge is 0.478 e. The molecule has 5 rings (SSSR count). The van der Waals surface area contributed by atoms with E-state index in [0.29, 0.717) is 6.54 Å². The van der Waals surface area contributed by atoms with Crippen molar-refractivity contribution < 1.29 is 14.7 Å². The van der Waals surface area contributed by atoms with Crippen LogP contribution in [-0.4, -0.2) is 45.8 Å². The quantitative estimate of drug-likeness (QED) is 0.562. The Morgan fingerprint density at radius 1 is 1.33 bits per heavy atom. The lowest BCUT2D eigenvalue weighted by Crippen LogP contribution is -2.56. The third-order valence-corrected chi connectivity index (χ3v) is 6.88. The van der Waals surface area contributed by atoms with Gasteiger partial charge in [0.25, 0.3) is 0 Å². The fourth-order valence-corrected chi connectivity index (χ4v) is 4.90. The van der Waals surface area contributed by atoms with Crippen LogP contribution in [0.2, 0.25) is 0 Å². The summed E-state index contributed by atoms with van der Waals surface area (Å²) in [6, 6.07) is 10.2. The van der Waals surface area contributed by atoms with Gasteiger partial charge in [0.2, 0.25) is 0 Å². The molecule has 4 heterocycles. The Kier molecular flexibility index (Phi) is 4.34. The third-order valence-electron chi connectivity index (χ3n) is 5.82. The maximum Gasteiger partial charge on any atom is 0.338 e. The average molecular weight is 420 g/mol. The van der Waals surface area contributed by atoms with Crippen molar-refractivity contribution in [3.8, 4) is 10.4 Å². The Balaban J connectivity index is 1.47. The number of aromatic nitrogens is 1.